The molecule has 244 valence electrons. The molecular formula is C47H40N2S. The van der Waals surface area contributed by atoms with E-state index in [0.29, 0.717) is 5.57 Å². The van der Waals surface area contributed by atoms with Crippen molar-refractivity contribution in [2.24, 2.45) is 0 Å². The van der Waals surface area contributed by atoms with Gasteiger partial charge in [0.15, 0.2) is 0 Å². The number of fused-ring (bicyclic) bond motifs is 2. The molecule has 0 N–H and O–H groups in total. The average molecular weight is 665 g/mol. The molecule has 50 heavy (non-hydrogen) atoms. The van der Waals surface area contributed by atoms with Gasteiger partial charge in [-0.3, -0.25) is 0 Å². The van der Waals surface area contributed by atoms with Crippen LogP contribution in [0, 0.1) is 11.3 Å². The molecule has 0 fully saturated rings. The van der Waals surface area contributed by atoms with Crippen molar-refractivity contribution >= 4 is 45.9 Å². The summed E-state index contributed by atoms with van der Waals surface area (Å²) in [5, 5.41) is 10.4. The van der Waals surface area contributed by atoms with Crippen molar-refractivity contribution in [1.29, 1.82) is 5.26 Å². The molecule has 7 rings (SSSR count). The number of rotatable bonds is 11. The zero-order valence-corrected chi connectivity index (χ0v) is 29.2. The van der Waals surface area contributed by atoms with E-state index in [2.05, 4.69) is 176 Å². The molecule has 1 heterocycles. The van der Waals surface area contributed by atoms with Gasteiger partial charge in [-0.15, -0.1) is 0 Å². The maximum absolute atomic E-state index is 10.4. The second-order valence-corrected chi connectivity index (χ2v) is 13.7. The number of unbranched alkanes of at least 4 members (excludes halogenated alkanes) is 3. The fraction of sp³-hybridized carbons (Fsp3) is 0.128. The Labute approximate surface area is 301 Å². The predicted molar refractivity (Wildman–Crippen MR) is 212 cm³/mol. The predicted octanol–water partition coefficient (Wildman–Crippen LogP) is 12.9. The summed E-state index contributed by atoms with van der Waals surface area (Å²) in [6.07, 6.45) is 6.93. The van der Waals surface area contributed by atoms with Gasteiger partial charge in [-0.05, 0) is 81.3 Å². The van der Waals surface area contributed by atoms with Gasteiger partial charge in [0.25, 0.3) is 0 Å². The third kappa shape index (κ3) is 7.22. The lowest BCUT2D eigenvalue weighted by molar-refractivity contribution is 0.665. The van der Waals surface area contributed by atoms with Crippen LogP contribution >= 0.6 is 11.8 Å². The number of nitriles is 1. The third-order valence-corrected chi connectivity index (χ3v) is 10.4. The Morgan fingerprint density at radius 2 is 1.08 bits per heavy atom. The van der Waals surface area contributed by atoms with Crippen molar-refractivity contribution in [3.8, 4) is 6.07 Å². The fourth-order valence-corrected chi connectivity index (χ4v) is 7.91. The molecule has 2 nitrogen and oxygen atoms in total. The standard InChI is InChI=1S/C47H40N2S/c1-2-3-4-16-31-49-42-23-14-15-24-44(42)50-45-33-35(25-30-43(45)49)32-41(34-48)36-26-28-40(29-27-36)47(39-21-12-7-13-22-39)46(37-17-8-5-9-18-37)38-19-10-6-11-20-38/h5-15,17-30,32-33H,2-4,16,31H2,1H3/b41-32+. The minimum atomic E-state index is 0.644. The van der Waals surface area contributed by atoms with Gasteiger partial charge in [-0.2, -0.15) is 5.26 Å². The van der Waals surface area contributed by atoms with Gasteiger partial charge in [0.2, 0.25) is 0 Å². The van der Waals surface area contributed by atoms with Crippen molar-refractivity contribution in [1.82, 2.24) is 0 Å². The van der Waals surface area contributed by atoms with Crippen LogP contribution < -0.4 is 4.90 Å². The van der Waals surface area contributed by atoms with E-state index in [0.717, 1.165) is 45.5 Å². The monoisotopic (exact) mass is 664 g/mol. The molecule has 6 aromatic carbocycles. The molecule has 0 radical (unpaired) electrons. The molecule has 0 aliphatic carbocycles. The highest BCUT2D eigenvalue weighted by molar-refractivity contribution is 7.99. The third-order valence-electron chi connectivity index (χ3n) is 9.24. The maximum atomic E-state index is 10.4. The van der Waals surface area contributed by atoms with E-state index in [1.54, 1.807) is 0 Å². The first-order chi connectivity index (χ1) is 24.7. The summed E-state index contributed by atoms with van der Waals surface area (Å²) >= 11 is 1.82. The number of hydrogen-bond acceptors (Lipinski definition) is 3. The summed E-state index contributed by atoms with van der Waals surface area (Å²) < 4.78 is 0. The van der Waals surface area contributed by atoms with Crippen LogP contribution in [0.25, 0.3) is 22.8 Å². The van der Waals surface area contributed by atoms with Gasteiger partial charge in [0.05, 0.1) is 23.0 Å². The molecule has 0 unspecified atom stereocenters. The van der Waals surface area contributed by atoms with E-state index in [1.165, 1.54) is 52.4 Å². The first kappa shape index (κ1) is 33.0. The summed E-state index contributed by atoms with van der Waals surface area (Å²) in [6, 6.07) is 58.1. The van der Waals surface area contributed by atoms with Crippen LogP contribution in [0.4, 0.5) is 11.4 Å². The number of hydrogen-bond donors (Lipinski definition) is 0. The topological polar surface area (TPSA) is 27.0 Å². The SMILES string of the molecule is CCCCCCN1c2ccccc2Sc2cc(/C=C(\C#N)c3ccc(C(=C(c4ccccc4)c4ccccc4)c4ccccc4)cc3)ccc21. The van der Waals surface area contributed by atoms with Crippen molar-refractivity contribution in [2.45, 2.75) is 42.4 Å². The summed E-state index contributed by atoms with van der Waals surface area (Å²) in [6.45, 7) is 3.26. The van der Waals surface area contributed by atoms with Crippen LogP contribution in [-0.4, -0.2) is 6.54 Å². The lowest BCUT2D eigenvalue weighted by Crippen LogP contribution is -2.22. The first-order valence-electron chi connectivity index (χ1n) is 17.5. The average Bonchev–Trinajstić information content (AvgIpc) is 3.18. The van der Waals surface area contributed by atoms with Crippen LogP contribution in [0.2, 0.25) is 0 Å². The lowest BCUT2D eigenvalue weighted by Gasteiger charge is -2.33. The Hall–Kier alpha value is -5.56. The number of anilines is 2. The molecule has 0 bridgehead atoms. The van der Waals surface area contributed by atoms with Gasteiger partial charge in [0, 0.05) is 16.3 Å². The van der Waals surface area contributed by atoms with E-state index < -0.39 is 0 Å². The molecule has 3 heteroatoms. The Kier molecular flexibility index (Phi) is 10.4. The van der Waals surface area contributed by atoms with E-state index in [-0.39, 0.29) is 0 Å². The van der Waals surface area contributed by atoms with E-state index in [9.17, 15) is 5.26 Å². The number of para-hydroxylation sites is 1. The molecule has 0 saturated heterocycles. The molecule has 0 spiro atoms. The van der Waals surface area contributed by atoms with Gasteiger partial charge in [-0.1, -0.05) is 171 Å². The zero-order valence-electron chi connectivity index (χ0n) is 28.4. The van der Waals surface area contributed by atoms with Crippen LogP contribution in [0.15, 0.2) is 168 Å². The second-order valence-electron chi connectivity index (χ2n) is 12.6. The summed E-state index contributed by atoms with van der Waals surface area (Å²) in [7, 11) is 0. The van der Waals surface area contributed by atoms with Crippen LogP contribution in [0.1, 0.15) is 66.0 Å². The van der Waals surface area contributed by atoms with Gasteiger partial charge in [-0.25, -0.2) is 0 Å². The lowest BCUT2D eigenvalue weighted by atomic mass is 9.85. The van der Waals surface area contributed by atoms with Crippen LogP contribution in [0.5, 0.6) is 0 Å². The quantitative estimate of drug-likeness (QED) is 0.0783. The zero-order chi connectivity index (χ0) is 34.1. The smallest absolute Gasteiger partial charge is 0.0998 e. The normalized spacial score (nSPS) is 12.1. The summed E-state index contributed by atoms with van der Waals surface area (Å²) in [5.41, 5.74) is 12.0. The Bertz CT molecular complexity index is 2120. The fourth-order valence-electron chi connectivity index (χ4n) is 6.77. The molecular weight excluding hydrogens is 625 g/mol. The number of nitrogens with zero attached hydrogens (tertiary/aromatic N) is 2. The Morgan fingerprint density at radius 3 is 1.66 bits per heavy atom. The van der Waals surface area contributed by atoms with Crippen molar-refractivity contribution in [3.05, 3.63) is 191 Å². The Morgan fingerprint density at radius 1 is 0.560 bits per heavy atom. The van der Waals surface area contributed by atoms with E-state index >= 15 is 0 Å². The van der Waals surface area contributed by atoms with Crippen molar-refractivity contribution < 1.29 is 0 Å². The molecule has 0 aromatic heterocycles. The van der Waals surface area contributed by atoms with Crippen molar-refractivity contribution in [3.63, 3.8) is 0 Å². The van der Waals surface area contributed by atoms with Gasteiger partial charge >= 0.3 is 0 Å². The highest BCUT2D eigenvalue weighted by atomic mass is 32.2. The minimum Gasteiger partial charge on any atom is -0.340 e. The number of benzene rings is 6. The van der Waals surface area contributed by atoms with E-state index in [4.69, 9.17) is 0 Å². The molecule has 1 aliphatic rings. The molecule has 6 aromatic rings. The largest absolute Gasteiger partial charge is 0.340 e. The summed E-state index contributed by atoms with van der Waals surface area (Å²) in [5.74, 6) is 0. The highest BCUT2D eigenvalue weighted by Gasteiger charge is 2.23. The van der Waals surface area contributed by atoms with Gasteiger partial charge in [0.1, 0.15) is 0 Å². The van der Waals surface area contributed by atoms with Crippen molar-refractivity contribution in [2.75, 3.05) is 11.4 Å². The first-order valence-corrected chi connectivity index (χ1v) is 18.4. The second kappa shape index (κ2) is 15.8. The molecule has 0 saturated carbocycles. The molecule has 0 atom stereocenters. The highest BCUT2D eigenvalue weighted by Crippen LogP contribution is 2.48. The maximum Gasteiger partial charge on any atom is 0.0998 e. The summed E-state index contributed by atoms with van der Waals surface area (Å²) in [4.78, 5) is 4.98. The van der Waals surface area contributed by atoms with Crippen LogP contribution in [-0.2, 0) is 0 Å². The molecule has 0 amide bonds. The minimum absolute atomic E-state index is 0.644. The number of allylic oxidation sites excluding steroid dienone is 1. The van der Waals surface area contributed by atoms with E-state index in [1.807, 2.05) is 17.8 Å². The van der Waals surface area contributed by atoms with Gasteiger partial charge < -0.3 is 4.90 Å². The van der Waals surface area contributed by atoms with Crippen LogP contribution in [0.3, 0.4) is 0 Å². The molecule has 1 aliphatic heterocycles. The Balaban J connectivity index is 1.25.